The normalized spacial score (nSPS) is 50.0. The molecule has 156 valence electrons. The molecule has 0 aromatic carbocycles. The second kappa shape index (κ2) is 7.13. The lowest BCUT2D eigenvalue weighted by molar-refractivity contribution is -0.144. The standard InChI is InChI=1S/C25H38O3/c1-17(26)20-8-9-21-19-7-6-18-16-25(27,11-5-15-28-4)14-13-23(18,2)22(19)10-12-24(20,21)3/h18-22,27H,6-10,12-16H2,1-4H3/t18-,19+,20-,21+,22+,23+,24-,25+/m1/s1. The third-order valence-electron chi connectivity index (χ3n) is 9.75. The number of hydrogen-bond acceptors (Lipinski definition) is 3. The number of ketones is 1. The lowest BCUT2D eigenvalue weighted by Crippen LogP contribution is -2.56. The molecule has 0 aromatic heterocycles. The van der Waals surface area contributed by atoms with E-state index in [1.807, 2.05) is 6.92 Å². The molecule has 0 aliphatic heterocycles. The van der Waals surface area contributed by atoms with Crippen LogP contribution in [-0.2, 0) is 9.53 Å². The van der Waals surface area contributed by atoms with Gasteiger partial charge in [0, 0.05) is 13.0 Å². The van der Waals surface area contributed by atoms with Gasteiger partial charge in [0.15, 0.2) is 0 Å². The van der Waals surface area contributed by atoms with Gasteiger partial charge < -0.3 is 9.84 Å². The average Bonchev–Trinajstić information content (AvgIpc) is 3.00. The first-order chi connectivity index (χ1) is 13.2. The Labute approximate surface area is 171 Å². The van der Waals surface area contributed by atoms with E-state index in [0.29, 0.717) is 23.7 Å². The van der Waals surface area contributed by atoms with E-state index in [1.165, 1.54) is 32.1 Å². The van der Waals surface area contributed by atoms with Crippen LogP contribution in [0.3, 0.4) is 0 Å². The highest BCUT2D eigenvalue weighted by atomic mass is 16.5. The van der Waals surface area contributed by atoms with Gasteiger partial charge in [-0.3, -0.25) is 4.79 Å². The number of fused-ring (bicyclic) bond motifs is 5. The first kappa shape index (κ1) is 20.4. The van der Waals surface area contributed by atoms with E-state index in [4.69, 9.17) is 4.74 Å². The summed E-state index contributed by atoms with van der Waals surface area (Å²) < 4.78 is 5.04. The monoisotopic (exact) mass is 386 g/mol. The number of rotatable bonds is 2. The van der Waals surface area contributed by atoms with Crippen molar-refractivity contribution in [1.82, 2.24) is 0 Å². The van der Waals surface area contributed by atoms with Gasteiger partial charge in [0.05, 0.1) is 0 Å². The Balaban J connectivity index is 1.54. The van der Waals surface area contributed by atoms with Gasteiger partial charge in [-0.05, 0) is 99.2 Å². The van der Waals surface area contributed by atoms with Gasteiger partial charge in [0.1, 0.15) is 18.0 Å². The Morgan fingerprint density at radius 3 is 2.50 bits per heavy atom. The van der Waals surface area contributed by atoms with Crippen molar-refractivity contribution in [1.29, 1.82) is 0 Å². The highest BCUT2D eigenvalue weighted by molar-refractivity contribution is 5.79. The third-order valence-corrected chi connectivity index (χ3v) is 9.75. The molecule has 0 spiro atoms. The van der Waals surface area contributed by atoms with Crippen LogP contribution in [0.4, 0.5) is 0 Å². The number of Topliss-reactive ketones (excluding diaryl/α,β-unsaturated/α-hetero) is 1. The van der Waals surface area contributed by atoms with Crippen LogP contribution in [0.25, 0.3) is 0 Å². The first-order valence-electron chi connectivity index (χ1n) is 11.5. The SMILES string of the molecule is COCC#C[C@]1(O)CC[C@@]2(C)[C@H](CC[C@@H]3[C@@H]2CC[C@]2(C)[C@@H](C(C)=O)CC[C@@H]32)C1. The zero-order valence-corrected chi connectivity index (χ0v) is 18.2. The van der Waals surface area contributed by atoms with E-state index in [1.54, 1.807) is 7.11 Å². The quantitative estimate of drug-likeness (QED) is 0.705. The van der Waals surface area contributed by atoms with Gasteiger partial charge in [-0.2, -0.15) is 0 Å². The van der Waals surface area contributed by atoms with Gasteiger partial charge in [-0.25, -0.2) is 0 Å². The van der Waals surface area contributed by atoms with E-state index in [0.717, 1.165) is 43.4 Å². The Bertz CT molecular complexity index is 690. The molecule has 8 atom stereocenters. The van der Waals surface area contributed by atoms with Crippen LogP contribution in [0.2, 0.25) is 0 Å². The molecule has 0 aromatic rings. The number of carbonyl (C=O) groups is 1. The number of aliphatic hydroxyl groups is 1. The summed E-state index contributed by atoms with van der Waals surface area (Å²) in [6, 6.07) is 0. The molecule has 4 aliphatic rings. The molecule has 4 fully saturated rings. The fourth-order valence-electron chi connectivity index (χ4n) is 8.30. The molecule has 0 heterocycles. The second-order valence-electron chi connectivity index (χ2n) is 10.9. The van der Waals surface area contributed by atoms with Crippen LogP contribution >= 0.6 is 0 Å². The average molecular weight is 387 g/mol. The van der Waals surface area contributed by atoms with E-state index in [2.05, 4.69) is 25.7 Å². The molecular formula is C25H38O3. The summed E-state index contributed by atoms with van der Waals surface area (Å²) in [7, 11) is 1.65. The molecule has 1 N–H and O–H groups in total. The molecule has 0 radical (unpaired) electrons. The number of carbonyl (C=O) groups excluding carboxylic acids is 1. The minimum Gasteiger partial charge on any atom is -0.378 e. The molecule has 0 unspecified atom stereocenters. The summed E-state index contributed by atoms with van der Waals surface area (Å²) in [4.78, 5) is 12.3. The lowest BCUT2D eigenvalue weighted by Gasteiger charge is -2.61. The van der Waals surface area contributed by atoms with Crippen LogP contribution in [0.1, 0.15) is 78.6 Å². The maximum Gasteiger partial charge on any atom is 0.133 e. The van der Waals surface area contributed by atoms with Gasteiger partial charge in [-0.1, -0.05) is 25.7 Å². The Morgan fingerprint density at radius 2 is 1.79 bits per heavy atom. The van der Waals surface area contributed by atoms with Crippen LogP contribution < -0.4 is 0 Å². The molecule has 0 amide bonds. The fourth-order valence-corrected chi connectivity index (χ4v) is 8.30. The van der Waals surface area contributed by atoms with Crippen molar-refractivity contribution in [3.63, 3.8) is 0 Å². The maximum absolute atomic E-state index is 12.3. The maximum atomic E-state index is 12.3. The first-order valence-corrected chi connectivity index (χ1v) is 11.5. The summed E-state index contributed by atoms with van der Waals surface area (Å²) in [5, 5.41) is 11.1. The molecule has 4 rings (SSSR count). The van der Waals surface area contributed by atoms with Crippen molar-refractivity contribution >= 4 is 5.78 Å². The van der Waals surface area contributed by atoms with E-state index in [-0.39, 0.29) is 11.3 Å². The van der Waals surface area contributed by atoms with Crippen molar-refractivity contribution in [2.45, 2.75) is 84.2 Å². The highest BCUT2D eigenvalue weighted by Gasteiger charge is 2.61. The largest absolute Gasteiger partial charge is 0.378 e. The van der Waals surface area contributed by atoms with E-state index < -0.39 is 5.60 Å². The van der Waals surface area contributed by atoms with Crippen LogP contribution in [0, 0.1) is 52.3 Å². The van der Waals surface area contributed by atoms with Crippen LogP contribution in [0.15, 0.2) is 0 Å². The molecule has 3 heteroatoms. The molecule has 4 aliphatic carbocycles. The number of methoxy groups -OCH3 is 1. The number of ether oxygens (including phenoxy) is 1. The molecule has 0 saturated heterocycles. The predicted octanol–water partition coefficient (Wildman–Crippen LogP) is 4.62. The Hall–Kier alpha value is -0.850. The molecule has 4 saturated carbocycles. The lowest BCUT2D eigenvalue weighted by atomic mass is 9.44. The molecule has 3 nitrogen and oxygen atoms in total. The second-order valence-corrected chi connectivity index (χ2v) is 10.9. The smallest absolute Gasteiger partial charge is 0.133 e. The van der Waals surface area contributed by atoms with Crippen molar-refractivity contribution in [2.24, 2.45) is 40.4 Å². The van der Waals surface area contributed by atoms with Crippen molar-refractivity contribution in [3.8, 4) is 11.8 Å². The Kier molecular flexibility index (Phi) is 5.20. The van der Waals surface area contributed by atoms with Gasteiger partial charge in [0.25, 0.3) is 0 Å². The number of hydrogen-bond donors (Lipinski definition) is 1. The van der Waals surface area contributed by atoms with E-state index in [9.17, 15) is 9.90 Å². The topological polar surface area (TPSA) is 46.5 Å². The predicted molar refractivity (Wildman–Crippen MR) is 110 cm³/mol. The molecule has 28 heavy (non-hydrogen) atoms. The van der Waals surface area contributed by atoms with Crippen LogP contribution in [0.5, 0.6) is 0 Å². The van der Waals surface area contributed by atoms with Crippen molar-refractivity contribution in [3.05, 3.63) is 0 Å². The van der Waals surface area contributed by atoms with Gasteiger partial charge >= 0.3 is 0 Å². The minimum atomic E-state index is -0.828. The van der Waals surface area contributed by atoms with Crippen molar-refractivity contribution < 1.29 is 14.6 Å². The van der Waals surface area contributed by atoms with Crippen molar-refractivity contribution in [2.75, 3.05) is 13.7 Å². The third kappa shape index (κ3) is 3.07. The van der Waals surface area contributed by atoms with Gasteiger partial charge in [-0.15, -0.1) is 0 Å². The summed E-state index contributed by atoms with van der Waals surface area (Å²) >= 11 is 0. The summed E-state index contributed by atoms with van der Waals surface area (Å²) in [5.74, 6) is 9.66. The minimum absolute atomic E-state index is 0.233. The summed E-state index contributed by atoms with van der Waals surface area (Å²) in [5.41, 5.74) is -0.267. The molecule has 0 bridgehead atoms. The van der Waals surface area contributed by atoms with E-state index >= 15 is 0 Å². The zero-order chi connectivity index (χ0) is 20.2. The summed E-state index contributed by atoms with van der Waals surface area (Å²) in [6.45, 7) is 7.14. The zero-order valence-electron chi connectivity index (χ0n) is 18.2. The highest BCUT2D eigenvalue weighted by Crippen LogP contribution is 2.68. The molecular weight excluding hydrogens is 348 g/mol. The Morgan fingerprint density at radius 1 is 1.04 bits per heavy atom. The fraction of sp³-hybridized carbons (Fsp3) is 0.880. The van der Waals surface area contributed by atoms with Crippen LogP contribution in [-0.4, -0.2) is 30.2 Å². The van der Waals surface area contributed by atoms with Gasteiger partial charge in [0.2, 0.25) is 0 Å². The summed E-state index contributed by atoms with van der Waals surface area (Å²) in [6.07, 6.45) is 10.0.